The maximum atomic E-state index is 12.8. The Bertz CT molecular complexity index is 1120. The first-order chi connectivity index (χ1) is 14.3. The van der Waals surface area contributed by atoms with Gasteiger partial charge in [0.25, 0.3) is 5.91 Å². The minimum Gasteiger partial charge on any atom is -0.364 e. The van der Waals surface area contributed by atoms with Crippen LogP contribution in [0, 0.1) is 0 Å². The van der Waals surface area contributed by atoms with Crippen LogP contribution in [-0.2, 0) is 6.54 Å². The number of carbonyl (C=O) groups excluding carboxylic acids is 2. The molecule has 3 rings (SSSR count). The highest BCUT2D eigenvalue weighted by atomic mass is 35.5. The van der Waals surface area contributed by atoms with Crippen LogP contribution in [0.5, 0.6) is 0 Å². The summed E-state index contributed by atoms with van der Waals surface area (Å²) in [6.07, 6.45) is 1.40. The zero-order valence-corrected chi connectivity index (χ0v) is 18.8. The number of primary amides is 1. The van der Waals surface area contributed by atoms with E-state index in [9.17, 15) is 9.59 Å². The van der Waals surface area contributed by atoms with Gasteiger partial charge in [-0.3, -0.25) is 9.59 Å². The van der Waals surface area contributed by atoms with E-state index < -0.39 is 5.91 Å². The van der Waals surface area contributed by atoms with Gasteiger partial charge in [0.1, 0.15) is 0 Å². The summed E-state index contributed by atoms with van der Waals surface area (Å²) in [6.45, 7) is 0.287. The van der Waals surface area contributed by atoms with Gasteiger partial charge >= 0.3 is 0 Å². The molecule has 0 fully saturated rings. The van der Waals surface area contributed by atoms with E-state index in [4.69, 9.17) is 46.3 Å². The van der Waals surface area contributed by atoms with Gasteiger partial charge in [-0.2, -0.15) is 0 Å². The van der Waals surface area contributed by atoms with Crippen LogP contribution >= 0.6 is 47.2 Å². The first kappa shape index (κ1) is 24.8. The lowest BCUT2D eigenvalue weighted by Crippen LogP contribution is -2.12. The standard InChI is InChI=1S/C19H15Cl3N6O2.ClH/c20-12-3-1-11(2-4-12)17(29)15-13(21)7-10(8-14(15)22)9-28-19(25-6-5-23)16(18(24)30)26-27-28;/h1-4,6-8H,5,9,23H2,(H2,24,30);1H. The summed E-state index contributed by atoms with van der Waals surface area (Å²) in [4.78, 5) is 28.4. The highest BCUT2D eigenvalue weighted by molar-refractivity contribution is 6.41. The predicted molar refractivity (Wildman–Crippen MR) is 123 cm³/mol. The lowest BCUT2D eigenvalue weighted by Gasteiger charge is -2.10. The summed E-state index contributed by atoms with van der Waals surface area (Å²) in [5.74, 6) is -0.954. The van der Waals surface area contributed by atoms with E-state index in [0.717, 1.165) is 0 Å². The van der Waals surface area contributed by atoms with Crippen molar-refractivity contribution in [3.8, 4) is 0 Å². The maximum Gasteiger partial charge on any atom is 0.273 e. The van der Waals surface area contributed by atoms with Gasteiger partial charge in [-0.1, -0.05) is 40.0 Å². The third-order valence-corrected chi connectivity index (χ3v) is 4.88. The second kappa shape index (κ2) is 10.7. The molecule has 162 valence electrons. The fourth-order valence-corrected chi connectivity index (χ4v) is 3.52. The molecule has 0 saturated carbocycles. The summed E-state index contributed by atoms with van der Waals surface area (Å²) in [7, 11) is 0. The fourth-order valence-electron chi connectivity index (χ4n) is 2.69. The van der Waals surface area contributed by atoms with Crippen molar-refractivity contribution in [3.63, 3.8) is 0 Å². The Labute approximate surface area is 198 Å². The molecule has 0 radical (unpaired) electrons. The van der Waals surface area contributed by atoms with Crippen molar-refractivity contribution in [2.75, 3.05) is 6.54 Å². The van der Waals surface area contributed by atoms with Crippen molar-refractivity contribution in [2.45, 2.75) is 6.54 Å². The number of nitrogens with zero attached hydrogens (tertiary/aromatic N) is 4. The fraction of sp³-hybridized carbons (Fsp3) is 0.105. The molecule has 12 heteroatoms. The first-order valence-electron chi connectivity index (χ1n) is 8.56. The van der Waals surface area contributed by atoms with E-state index in [1.807, 2.05) is 0 Å². The van der Waals surface area contributed by atoms with Crippen LogP contribution in [0.3, 0.4) is 0 Å². The minimum atomic E-state index is -0.773. The zero-order valence-electron chi connectivity index (χ0n) is 15.8. The number of ketones is 1. The van der Waals surface area contributed by atoms with E-state index >= 15 is 0 Å². The summed E-state index contributed by atoms with van der Waals surface area (Å²) in [6, 6.07) is 9.56. The predicted octanol–water partition coefficient (Wildman–Crippen LogP) is 3.70. The lowest BCUT2D eigenvalue weighted by atomic mass is 10.0. The summed E-state index contributed by atoms with van der Waals surface area (Å²) < 4.78 is 1.36. The molecule has 0 aliphatic carbocycles. The number of benzene rings is 2. The molecule has 8 nitrogen and oxygen atoms in total. The molecule has 2 aromatic carbocycles. The molecular formula is C19H16Cl4N6O2. The van der Waals surface area contributed by atoms with E-state index in [1.54, 1.807) is 36.4 Å². The molecule has 0 bridgehead atoms. The molecule has 0 aliphatic heterocycles. The molecule has 3 aromatic rings. The molecule has 0 atom stereocenters. The Morgan fingerprint density at radius 3 is 2.26 bits per heavy atom. The van der Waals surface area contributed by atoms with Gasteiger partial charge in [0.05, 0.1) is 22.2 Å². The Balaban J connectivity index is 0.00000341. The van der Waals surface area contributed by atoms with E-state index in [-0.39, 0.29) is 58.4 Å². The van der Waals surface area contributed by atoms with Crippen molar-refractivity contribution in [2.24, 2.45) is 16.5 Å². The van der Waals surface area contributed by atoms with Crippen molar-refractivity contribution in [3.05, 3.63) is 73.9 Å². The molecule has 1 aromatic heterocycles. The topological polar surface area (TPSA) is 129 Å². The zero-order chi connectivity index (χ0) is 21.8. The number of nitrogens with two attached hydrogens (primary N) is 2. The van der Waals surface area contributed by atoms with Gasteiger partial charge in [-0.05, 0) is 42.0 Å². The van der Waals surface area contributed by atoms with E-state index in [0.29, 0.717) is 16.1 Å². The Morgan fingerprint density at radius 2 is 1.71 bits per heavy atom. The minimum absolute atomic E-state index is 0. The van der Waals surface area contributed by atoms with Gasteiger partial charge in [0.2, 0.25) is 0 Å². The smallest absolute Gasteiger partial charge is 0.273 e. The van der Waals surface area contributed by atoms with Crippen molar-refractivity contribution in [1.29, 1.82) is 0 Å². The van der Waals surface area contributed by atoms with E-state index in [2.05, 4.69) is 15.3 Å². The lowest BCUT2D eigenvalue weighted by molar-refractivity contribution is 0.0994. The third-order valence-electron chi connectivity index (χ3n) is 4.03. The third kappa shape index (κ3) is 5.61. The number of hydrogen-bond donors (Lipinski definition) is 2. The number of halogens is 4. The largest absolute Gasteiger partial charge is 0.364 e. The second-order valence-corrected chi connectivity index (χ2v) is 7.35. The first-order valence-corrected chi connectivity index (χ1v) is 9.69. The quantitative estimate of drug-likeness (QED) is 0.376. The van der Waals surface area contributed by atoms with Crippen LogP contribution in [-0.4, -0.2) is 39.4 Å². The number of aliphatic imine (C=N–C) groups is 1. The van der Waals surface area contributed by atoms with Crippen molar-refractivity contribution < 1.29 is 9.59 Å². The molecule has 0 spiro atoms. The van der Waals surface area contributed by atoms with Gasteiger partial charge in [-0.25, -0.2) is 9.67 Å². The SMILES string of the molecule is Cl.NCC=Nc1c(C(N)=O)nnn1Cc1cc(Cl)c(C(=O)c2ccc(Cl)cc2)c(Cl)c1. The highest BCUT2D eigenvalue weighted by Gasteiger charge is 2.20. The normalized spacial score (nSPS) is 10.8. The summed E-state index contributed by atoms with van der Waals surface area (Å²) in [5.41, 5.74) is 11.8. The van der Waals surface area contributed by atoms with Gasteiger partial charge in [-0.15, -0.1) is 17.5 Å². The van der Waals surface area contributed by atoms with Crippen LogP contribution in [0.4, 0.5) is 5.82 Å². The molecule has 4 N–H and O–H groups in total. The molecular weight excluding hydrogens is 486 g/mol. The average molecular weight is 502 g/mol. The Morgan fingerprint density at radius 1 is 1.10 bits per heavy atom. The molecule has 0 saturated heterocycles. The number of hydrogen-bond acceptors (Lipinski definition) is 6. The van der Waals surface area contributed by atoms with Crippen LogP contribution in [0.2, 0.25) is 15.1 Å². The second-order valence-electron chi connectivity index (χ2n) is 6.10. The number of amides is 1. The maximum absolute atomic E-state index is 12.8. The number of aromatic nitrogens is 3. The van der Waals surface area contributed by atoms with Crippen LogP contribution in [0.1, 0.15) is 32.0 Å². The van der Waals surface area contributed by atoms with Crippen LogP contribution < -0.4 is 11.5 Å². The van der Waals surface area contributed by atoms with E-state index in [1.165, 1.54) is 10.9 Å². The summed E-state index contributed by atoms with van der Waals surface area (Å²) in [5, 5.41) is 8.50. The van der Waals surface area contributed by atoms with Crippen molar-refractivity contribution in [1.82, 2.24) is 15.0 Å². The van der Waals surface area contributed by atoms with Crippen LogP contribution in [0.25, 0.3) is 0 Å². The molecule has 0 unspecified atom stereocenters. The number of carbonyl (C=O) groups is 2. The Hall–Kier alpha value is -2.49. The average Bonchev–Trinajstić information content (AvgIpc) is 3.08. The molecule has 1 heterocycles. The molecule has 31 heavy (non-hydrogen) atoms. The Kier molecular flexibility index (Phi) is 8.55. The van der Waals surface area contributed by atoms with Crippen molar-refractivity contribution >= 4 is 70.9 Å². The van der Waals surface area contributed by atoms with Gasteiger partial charge < -0.3 is 11.5 Å². The monoisotopic (exact) mass is 500 g/mol. The summed E-state index contributed by atoms with van der Waals surface area (Å²) >= 11 is 18.6. The molecule has 0 aliphatic rings. The number of rotatable bonds is 7. The van der Waals surface area contributed by atoms with Crippen LogP contribution in [0.15, 0.2) is 41.4 Å². The van der Waals surface area contributed by atoms with Gasteiger partial charge in [0.15, 0.2) is 17.3 Å². The highest BCUT2D eigenvalue weighted by Crippen LogP contribution is 2.30. The van der Waals surface area contributed by atoms with Gasteiger partial charge in [0, 0.05) is 23.3 Å². The molecule has 1 amide bonds.